The molecule has 1 heterocycles. The summed E-state index contributed by atoms with van der Waals surface area (Å²) in [6, 6.07) is 8.96. The lowest BCUT2D eigenvalue weighted by Crippen LogP contribution is -2.16. The SMILES string of the molecule is NC1C=C(Cc2csc3ccccc23)CCCC1. The van der Waals surface area contributed by atoms with Crippen molar-refractivity contribution in [3.05, 3.63) is 46.9 Å². The molecule has 0 spiro atoms. The minimum Gasteiger partial charge on any atom is -0.324 e. The fraction of sp³-hybridized carbons (Fsp3) is 0.375. The molecule has 1 aliphatic rings. The van der Waals surface area contributed by atoms with Crippen molar-refractivity contribution in [3.8, 4) is 0 Å². The van der Waals surface area contributed by atoms with Gasteiger partial charge in [0.05, 0.1) is 0 Å². The summed E-state index contributed by atoms with van der Waals surface area (Å²) >= 11 is 1.85. The Bertz CT molecular complexity index is 567. The van der Waals surface area contributed by atoms with Gasteiger partial charge in [-0.25, -0.2) is 0 Å². The Morgan fingerprint density at radius 2 is 2.11 bits per heavy atom. The minimum atomic E-state index is 0.271. The summed E-state index contributed by atoms with van der Waals surface area (Å²) in [5.41, 5.74) is 9.09. The molecule has 1 atom stereocenters. The van der Waals surface area contributed by atoms with Gasteiger partial charge >= 0.3 is 0 Å². The van der Waals surface area contributed by atoms with E-state index < -0.39 is 0 Å². The molecule has 0 amide bonds. The van der Waals surface area contributed by atoms with E-state index in [9.17, 15) is 0 Å². The summed E-state index contributed by atoms with van der Waals surface area (Å²) in [7, 11) is 0. The van der Waals surface area contributed by atoms with Crippen LogP contribution in [-0.2, 0) is 6.42 Å². The molecule has 0 saturated carbocycles. The second-order valence-electron chi connectivity index (χ2n) is 5.17. The van der Waals surface area contributed by atoms with Crippen molar-refractivity contribution in [1.29, 1.82) is 0 Å². The topological polar surface area (TPSA) is 26.0 Å². The molecule has 2 N–H and O–H groups in total. The van der Waals surface area contributed by atoms with E-state index in [1.165, 1.54) is 40.5 Å². The van der Waals surface area contributed by atoms with Gasteiger partial charge in [0.1, 0.15) is 0 Å². The van der Waals surface area contributed by atoms with Crippen molar-refractivity contribution in [2.24, 2.45) is 5.73 Å². The number of allylic oxidation sites excluding steroid dienone is 1. The molecule has 3 rings (SSSR count). The lowest BCUT2D eigenvalue weighted by molar-refractivity contribution is 0.654. The first-order valence-corrected chi connectivity index (χ1v) is 7.61. The molecule has 1 aromatic heterocycles. The van der Waals surface area contributed by atoms with E-state index in [-0.39, 0.29) is 6.04 Å². The van der Waals surface area contributed by atoms with Gasteiger partial charge in [-0.05, 0) is 48.1 Å². The highest BCUT2D eigenvalue weighted by Crippen LogP contribution is 2.29. The van der Waals surface area contributed by atoms with Gasteiger partial charge in [-0.15, -0.1) is 11.3 Å². The lowest BCUT2D eigenvalue weighted by Gasteiger charge is -2.06. The Morgan fingerprint density at radius 1 is 1.22 bits per heavy atom. The van der Waals surface area contributed by atoms with Crippen LogP contribution in [0.5, 0.6) is 0 Å². The van der Waals surface area contributed by atoms with Crippen LogP contribution in [0, 0.1) is 0 Å². The molecule has 1 nitrogen and oxygen atoms in total. The van der Waals surface area contributed by atoms with Gasteiger partial charge in [-0.1, -0.05) is 36.3 Å². The monoisotopic (exact) mass is 257 g/mol. The van der Waals surface area contributed by atoms with Crippen LogP contribution in [0.15, 0.2) is 41.3 Å². The van der Waals surface area contributed by atoms with Gasteiger partial charge in [0, 0.05) is 10.7 Å². The van der Waals surface area contributed by atoms with Gasteiger partial charge in [0.25, 0.3) is 0 Å². The average Bonchev–Trinajstić information content (AvgIpc) is 2.66. The number of fused-ring (bicyclic) bond motifs is 1. The maximum atomic E-state index is 6.09. The zero-order valence-corrected chi connectivity index (χ0v) is 11.4. The van der Waals surface area contributed by atoms with E-state index in [1.54, 1.807) is 0 Å². The Balaban J connectivity index is 1.87. The normalized spacial score (nSPS) is 20.7. The third kappa shape index (κ3) is 2.50. The number of hydrogen-bond donors (Lipinski definition) is 1. The fourth-order valence-electron chi connectivity index (χ4n) is 2.76. The molecular weight excluding hydrogens is 238 g/mol. The van der Waals surface area contributed by atoms with E-state index in [0.29, 0.717) is 0 Å². The number of thiophene rings is 1. The van der Waals surface area contributed by atoms with Crippen molar-refractivity contribution >= 4 is 21.4 Å². The Labute approximate surface area is 112 Å². The molecule has 18 heavy (non-hydrogen) atoms. The van der Waals surface area contributed by atoms with Crippen LogP contribution in [0.4, 0.5) is 0 Å². The van der Waals surface area contributed by atoms with Crippen LogP contribution >= 0.6 is 11.3 Å². The highest BCUT2D eigenvalue weighted by Gasteiger charge is 2.11. The predicted octanol–water partition coefficient (Wildman–Crippen LogP) is 4.27. The first-order valence-electron chi connectivity index (χ1n) is 6.73. The van der Waals surface area contributed by atoms with Crippen molar-refractivity contribution in [3.63, 3.8) is 0 Å². The third-order valence-electron chi connectivity index (χ3n) is 3.71. The summed E-state index contributed by atoms with van der Waals surface area (Å²) in [6.45, 7) is 0. The molecule has 0 fully saturated rings. The van der Waals surface area contributed by atoms with Crippen LogP contribution in [0.3, 0.4) is 0 Å². The highest BCUT2D eigenvalue weighted by molar-refractivity contribution is 7.17. The summed E-state index contributed by atoms with van der Waals surface area (Å²) in [5.74, 6) is 0. The lowest BCUT2D eigenvalue weighted by atomic mass is 10.0. The quantitative estimate of drug-likeness (QED) is 0.799. The van der Waals surface area contributed by atoms with Crippen LogP contribution < -0.4 is 5.73 Å². The summed E-state index contributed by atoms with van der Waals surface area (Å²) in [6.07, 6.45) is 8.32. The summed E-state index contributed by atoms with van der Waals surface area (Å²) < 4.78 is 1.39. The Hall–Kier alpha value is -1.12. The van der Waals surface area contributed by atoms with E-state index in [4.69, 9.17) is 5.73 Å². The zero-order chi connectivity index (χ0) is 12.4. The van der Waals surface area contributed by atoms with Crippen molar-refractivity contribution < 1.29 is 0 Å². The van der Waals surface area contributed by atoms with Gasteiger partial charge in [0.2, 0.25) is 0 Å². The number of benzene rings is 1. The zero-order valence-electron chi connectivity index (χ0n) is 10.6. The molecular formula is C16H19NS. The highest BCUT2D eigenvalue weighted by atomic mass is 32.1. The molecule has 0 bridgehead atoms. The molecule has 1 aromatic carbocycles. The van der Waals surface area contributed by atoms with E-state index in [0.717, 1.165) is 12.8 Å². The Kier molecular flexibility index (Phi) is 3.48. The van der Waals surface area contributed by atoms with E-state index >= 15 is 0 Å². The predicted molar refractivity (Wildman–Crippen MR) is 80.1 cm³/mol. The van der Waals surface area contributed by atoms with Crippen molar-refractivity contribution in [1.82, 2.24) is 0 Å². The fourth-order valence-corrected chi connectivity index (χ4v) is 3.73. The third-order valence-corrected chi connectivity index (χ3v) is 4.73. The molecule has 94 valence electrons. The van der Waals surface area contributed by atoms with Crippen LogP contribution in [0.1, 0.15) is 31.2 Å². The largest absolute Gasteiger partial charge is 0.324 e. The van der Waals surface area contributed by atoms with E-state index in [2.05, 4.69) is 35.7 Å². The average molecular weight is 257 g/mol. The van der Waals surface area contributed by atoms with Crippen LogP contribution in [0.25, 0.3) is 10.1 Å². The first-order chi connectivity index (χ1) is 8.83. The van der Waals surface area contributed by atoms with Gasteiger partial charge in [-0.2, -0.15) is 0 Å². The molecule has 0 aliphatic heterocycles. The molecule has 1 aliphatic carbocycles. The first kappa shape index (κ1) is 11.9. The number of hydrogen-bond acceptors (Lipinski definition) is 2. The second-order valence-corrected chi connectivity index (χ2v) is 6.08. The molecule has 0 radical (unpaired) electrons. The van der Waals surface area contributed by atoms with Crippen molar-refractivity contribution in [2.75, 3.05) is 0 Å². The summed E-state index contributed by atoms with van der Waals surface area (Å²) in [4.78, 5) is 0. The molecule has 2 heteroatoms. The number of rotatable bonds is 2. The van der Waals surface area contributed by atoms with Gasteiger partial charge in [-0.3, -0.25) is 0 Å². The maximum absolute atomic E-state index is 6.09. The van der Waals surface area contributed by atoms with Crippen molar-refractivity contribution in [2.45, 2.75) is 38.1 Å². The molecule has 1 unspecified atom stereocenters. The second kappa shape index (κ2) is 5.25. The standard InChI is InChI=1S/C16H19NS/c17-14-6-2-1-5-12(10-14)9-13-11-18-16-8-4-3-7-15(13)16/h3-4,7-8,10-11,14H,1-2,5-6,9,17H2. The van der Waals surface area contributed by atoms with Crippen LogP contribution in [0.2, 0.25) is 0 Å². The van der Waals surface area contributed by atoms with Gasteiger partial charge < -0.3 is 5.73 Å². The maximum Gasteiger partial charge on any atom is 0.0345 e. The van der Waals surface area contributed by atoms with E-state index in [1.807, 2.05) is 11.3 Å². The summed E-state index contributed by atoms with van der Waals surface area (Å²) in [5, 5.41) is 3.73. The van der Waals surface area contributed by atoms with Crippen LogP contribution in [-0.4, -0.2) is 6.04 Å². The minimum absolute atomic E-state index is 0.271. The Morgan fingerprint density at radius 3 is 3.06 bits per heavy atom. The molecule has 2 aromatic rings. The van der Waals surface area contributed by atoms with Gasteiger partial charge in [0.15, 0.2) is 0 Å². The molecule has 0 saturated heterocycles. The smallest absolute Gasteiger partial charge is 0.0345 e. The number of nitrogens with two attached hydrogens (primary N) is 1.